The number of rotatable bonds is 6. The summed E-state index contributed by atoms with van der Waals surface area (Å²) in [4.78, 5) is 21.1. The minimum absolute atomic E-state index is 0.00651. The van der Waals surface area contributed by atoms with Crippen LogP contribution in [-0.2, 0) is 32.5 Å². The number of benzene rings is 1. The summed E-state index contributed by atoms with van der Waals surface area (Å²) >= 11 is 0. The number of amidine groups is 1. The third-order valence-electron chi connectivity index (χ3n) is 7.02. The molecule has 3 heterocycles. The summed E-state index contributed by atoms with van der Waals surface area (Å²) in [6.45, 7) is 4.42. The first-order valence-electron chi connectivity index (χ1n) is 11.5. The Kier molecular flexibility index (Phi) is 6.53. The van der Waals surface area contributed by atoms with Gasteiger partial charge in [0.25, 0.3) is 5.92 Å². The SMILES string of the molecule is CC(C)C(F)(F)c1ccc(C(=O)Cc2ccc(F)c([C@]3(C)CS(=O)(=O)[C@]4(CCOC4)C(N)=N3)c2)nc1. The molecule has 0 bridgehead atoms. The van der Waals surface area contributed by atoms with Crippen LogP contribution in [0.25, 0.3) is 0 Å². The molecule has 1 aromatic carbocycles. The fourth-order valence-electron chi connectivity index (χ4n) is 4.66. The van der Waals surface area contributed by atoms with E-state index in [0.717, 1.165) is 12.3 Å². The van der Waals surface area contributed by atoms with E-state index in [9.17, 15) is 26.4 Å². The van der Waals surface area contributed by atoms with Crippen LogP contribution >= 0.6 is 0 Å². The first kappa shape index (κ1) is 26.3. The van der Waals surface area contributed by atoms with Gasteiger partial charge in [-0.15, -0.1) is 0 Å². The van der Waals surface area contributed by atoms with Crippen molar-refractivity contribution in [3.63, 3.8) is 0 Å². The minimum atomic E-state index is -3.83. The Labute approximate surface area is 207 Å². The third-order valence-corrected chi connectivity index (χ3v) is 9.68. The number of Topliss-reactive ketones (excluding diaryl/α,β-unsaturated/α-hetero) is 1. The maximum absolute atomic E-state index is 14.9. The van der Waals surface area contributed by atoms with Gasteiger partial charge in [-0.25, -0.2) is 21.6 Å². The van der Waals surface area contributed by atoms with Gasteiger partial charge in [0.1, 0.15) is 22.9 Å². The fraction of sp³-hybridized carbons (Fsp3) is 0.480. The lowest BCUT2D eigenvalue weighted by atomic mass is 9.90. The zero-order valence-corrected chi connectivity index (χ0v) is 21.0. The highest BCUT2D eigenvalue weighted by Crippen LogP contribution is 2.41. The summed E-state index contributed by atoms with van der Waals surface area (Å²) in [6.07, 6.45) is 0.976. The maximum Gasteiger partial charge on any atom is 0.276 e. The molecule has 2 atom stereocenters. The third kappa shape index (κ3) is 4.32. The molecule has 0 amide bonds. The number of sulfone groups is 1. The molecular formula is C25H28F3N3O4S. The highest BCUT2D eigenvalue weighted by atomic mass is 32.2. The fourth-order valence-corrected chi connectivity index (χ4v) is 6.92. The average Bonchev–Trinajstić information content (AvgIpc) is 3.31. The summed E-state index contributed by atoms with van der Waals surface area (Å²) < 4.78 is 73.7. The molecule has 11 heteroatoms. The molecule has 194 valence electrons. The van der Waals surface area contributed by atoms with Crippen molar-refractivity contribution < 1.29 is 31.1 Å². The number of alkyl halides is 2. The first-order chi connectivity index (χ1) is 16.7. The number of pyridine rings is 1. The molecule has 0 aliphatic carbocycles. The van der Waals surface area contributed by atoms with Crippen LogP contribution in [0.15, 0.2) is 41.5 Å². The summed E-state index contributed by atoms with van der Waals surface area (Å²) in [6, 6.07) is 6.35. The van der Waals surface area contributed by atoms with Crippen molar-refractivity contribution >= 4 is 21.5 Å². The van der Waals surface area contributed by atoms with Gasteiger partial charge in [0.15, 0.2) is 20.4 Å². The van der Waals surface area contributed by atoms with Crippen molar-refractivity contribution in [1.29, 1.82) is 0 Å². The van der Waals surface area contributed by atoms with Crippen LogP contribution in [0.4, 0.5) is 13.2 Å². The summed E-state index contributed by atoms with van der Waals surface area (Å²) in [7, 11) is -3.83. The lowest BCUT2D eigenvalue weighted by Gasteiger charge is -2.39. The maximum atomic E-state index is 14.9. The molecule has 2 aliphatic rings. The van der Waals surface area contributed by atoms with Gasteiger partial charge in [-0.1, -0.05) is 19.9 Å². The van der Waals surface area contributed by atoms with Crippen molar-refractivity contribution in [2.45, 2.75) is 49.8 Å². The highest BCUT2D eigenvalue weighted by molar-refractivity contribution is 7.93. The molecule has 1 aromatic heterocycles. The van der Waals surface area contributed by atoms with Gasteiger partial charge in [0.05, 0.1) is 12.4 Å². The lowest BCUT2D eigenvalue weighted by molar-refractivity contribution is -0.0517. The van der Waals surface area contributed by atoms with Gasteiger partial charge >= 0.3 is 0 Å². The summed E-state index contributed by atoms with van der Waals surface area (Å²) in [5.41, 5.74) is 4.71. The number of hydrogen-bond acceptors (Lipinski definition) is 7. The van der Waals surface area contributed by atoms with Gasteiger partial charge in [-0.2, -0.15) is 0 Å². The first-order valence-corrected chi connectivity index (χ1v) is 13.2. The van der Waals surface area contributed by atoms with Crippen LogP contribution in [0.3, 0.4) is 0 Å². The number of aliphatic imine (C=N–C) groups is 1. The van der Waals surface area contributed by atoms with Crippen LogP contribution in [0.5, 0.6) is 0 Å². The molecule has 2 aliphatic heterocycles. The Hall–Kier alpha value is -2.79. The number of carbonyl (C=O) groups is 1. The molecule has 2 N–H and O–H groups in total. The van der Waals surface area contributed by atoms with Gasteiger partial charge in [0.2, 0.25) is 0 Å². The summed E-state index contributed by atoms with van der Waals surface area (Å²) in [5, 5.41) is 0. The second kappa shape index (κ2) is 8.95. The van der Waals surface area contributed by atoms with Gasteiger partial charge in [-0.3, -0.25) is 14.8 Å². The van der Waals surface area contributed by atoms with E-state index < -0.39 is 49.3 Å². The molecule has 0 saturated carbocycles. The largest absolute Gasteiger partial charge is 0.386 e. The van der Waals surface area contributed by atoms with Crippen molar-refractivity contribution in [3.8, 4) is 0 Å². The number of ketones is 1. The number of nitrogens with zero attached hydrogens (tertiary/aromatic N) is 2. The molecule has 1 fully saturated rings. The number of halogens is 3. The Morgan fingerprint density at radius 2 is 1.97 bits per heavy atom. The van der Waals surface area contributed by atoms with Gasteiger partial charge in [-0.05, 0) is 43.2 Å². The highest BCUT2D eigenvalue weighted by Gasteiger charge is 2.57. The Morgan fingerprint density at radius 3 is 2.53 bits per heavy atom. The predicted octanol–water partition coefficient (Wildman–Crippen LogP) is 3.55. The topological polar surface area (TPSA) is 112 Å². The molecule has 7 nitrogen and oxygen atoms in total. The van der Waals surface area contributed by atoms with Crippen LogP contribution in [0.1, 0.15) is 54.4 Å². The monoisotopic (exact) mass is 523 g/mol. The van der Waals surface area contributed by atoms with E-state index in [1.807, 2.05) is 0 Å². The van der Waals surface area contributed by atoms with Crippen LogP contribution in [-0.4, -0.2) is 48.7 Å². The molecule has 0 unspecified atom stereocenters. The molecule has 4 rings (SSSR count). The molecule has 36 heavy (non-hydrogen) atoms. The Morgan fingerprint density at radius 1 is 1.25 bits per heavy atom. The smallest absolute Gasteiger partial charge is 0.276 e. The molecular weight excluding hydrogens is 495 g/mol. The van der Waals surface area contributed by atoms with Crippen molar-refractivity contribution in [2.24, 2.45) is 16.6 Å². The number of ether oxygens (including phenoxy) is 1. The molecule has 0 radical (unpaired) electrons. The quantitative estimate of drug-likeness (QED) is 0.580. The van der Waals surface area contributed by atoms with Crippen molar-refractivity contribution in [3.05, 3.63) is 64.7 Å². The number of nitrogens with two attached hydrogens (primary N) is 1. The van der Waals surface area contributed by atoms with E-state index in [-0.39, 0.29) is 48.7 Å². The van der Waals surface area contributed by atoms with E-state index in [0.29, 0.717) is 5.56 Å². The number of carbonyl (C=O) groups excluding carboxylic acids is 1. The Bertz CT molecular complexity index is 1320. The standard InChI is InChI=1S/C25H28F3N3O4S/c1-15(2)25(27,28)17-5-7-20(30-12-17)21(32)11-16-4-6-19(26)18(10-16)23(3)14-36(33,34)24(22(29)31-23)8-9-35-13-24/h4-7,10,12,15H,8-9,11,13-14H2,1-3H3,(H2,29,31)/t23-,24-/m0/s1. The average molecular weight is 524 g/mol. The minimum Gasteiger partial charge on any atom is -0.386 e. The number of aromatic nitrogens is 1. The van der Waals surface area contributed by atoms with E-state index >= 15 is 0 Å². The van der Waals surface area contributed by atoms with Crippen LogP contribution < -0.4 is 5.73 Å². The van der Waals surface area contributed by atoms with E-state index in [1.165, 1.54) is 45.0 Å². The lowest BCUT2D eigenvalue weighted by Crippen LogP contribution is -2.58. The van der Waals surface area contributed by atoms with Crippen molar-refractivity contribution in [1.82, 2.24) is 4.98 Å². The normalized spacial score (nSPS) is 25.8. The zero-order valence-electron chi connectivity index (χ0n) is 20.2. The molecule has 2 aromatic rings. The summed E-state index contributed by atoms with van der Waals surface area (Å²) in [5.74, 6) is -5.74. The zero-order chi connectivity index (χ0) is 26.5. The van der Waals surface area contributed by atoms with E-state index in [1.54, 1.807) is 0 Å². The van der Waals surface area contributed by atoms with E-state index in [4.69, 9.17) is 10.5 Å². The van der Waals surface area contributed by atoms with Gasteiger partial charge < -0.3 is 10.5 Å². The molecule has 1 spiro atoms. The molecule has 1 saturated heterocycles. The van der Waals surface area contributed by atoms with Crippen LogP contribution in [0.2, 0.25) is 0 Å². The second-order valence-corrected chi connectivity index (χ2v) is 12.3. The number of hydrogen-bond donors (Lipinski definition) is 1. The van der Waals surface area contributed by atoms with Crippen molar-refractivity contribution in [2.75, 3.05) is 19.0 Å². The van der Waals surface area contributed by atoms with Crippen LogP contribution in [0, 0.1) is 11.7 Å². The Balaban J connectivity index is 1.61. The van der Waals surface area contributed by atoms with Gasteiger partial charge in [0, 0.05) is 36.3 Å². The second-order valence-electron chi connectivity index (χ2n) is 9.95. The predicted molar refractivity (Wildman–Crippen MR) is 128 cm³/mol. The van der Waals surface area contributed by atoms with E-state index in [2.05, 4.69) is 9.98 Å².